The Morgan fingerprint density at radius 1 is 1.48 bits per heavy atom. The predicted octanol–water partition coefficient (Wildman–Crippen LogP) is 2.83. The number of nitrogens with one attached hydrogen (secondary N) is 1. The predicted molar refractivity (Wildman–Crippen MR) is 82.0 cm³/mol. The molecule has 2 unspecified atom stereocenters. The Morgan fingerprint density at radius 3 is 2.90 bits per heavy atom. The Bertz CT molecular complexity index is 454. The second-order valence-electron chi connectivity index (χ2n) is 6.02. The minimum absolute atomic E-state index is 0.167. The van der Waals surface area contributed by atoms with Gasteiger partial charge >= 0.3 is 5.97 Å². The van der Waals surface area contributed by atoms with Crippen LogP contribution in [0.3, 0.4) is 0 Å². The molecule has 1 heterocycles. The number of carboxylic acid groups (broad SMARTS) is 1. The van der Waals surface area contributed by atoms with Gasteiger partial charge in [-0.2, -0.15) is 5.10 Å². The monoisotopic (exact) mass is 293 g/mol. The maximum atomic E-state index is 11.1. The molecule has 0 bridgehead atoms. The molecule has 1 fully saturated rings. The van der Waals surface area contributed by atoms with E-state index in [1.54, 1.807) is 0 Å². The molecule has 1 aliphatic rings. The van der Waals surface area contributed by atoms with Crippen molar-refractivity contribution in [2.45, 2.75) is 58.5 Å². The highest BCUT2D eigenvalue weighted by atomic mass is 16.4. The van der Waals surface area contributed by atoms with Crippen molar-refractivity contribution in [3.63, 3.8) is 0 Å². The van der Waals surface area contributed by atoms with Gasteiger partial charge in [0.2, 0.25) is 0 Å². The molecule has 0 radical (unpaired) electrons. The van der Waals surface area contributed by atoms with Crippen LogP contribution in [0.2, 0.25) is 0 Å². The Kier molecular flexibility index (Phi) is 5.79. The summed E-state index contributed by atoms with van der Waals surface area (Å²) >= 11 is 0. The standard InChI is InChI=1S/C16H27N3O2/c1-3-14(4-2)19-9-8-13(18-19)11-17-10-12-6-5-7-15(12)16(20)21/h8-9,12,14-15,17H,3-7,10-11H2,1-2H3,(H,20,21). The first-order valence-electron chi connectivity index (χ1n) is 8.13. The molecular weight excluding hydrogens is 266 g/mol. The van der Waals surface area contributed by atoms with Gasteiger partial charge in [-0.1, -0.05) is 20.3 Å². The first-order chi connectivity index (χ1) is 10.2. The topological polar surface area (TPSA) is 67.2 Å². The van der Waals surface area contributed by atoms with Crippen molar-refractivity contribution in [3.05, 3.63) is 18.0 Å². The van der Waals surface area contributed by atoms with Crippen molar-refractivity contribution in [3.8, 4) is 0 Å². The van der Waals surface area contributed by atoms with Crippen LogP contribution in [0.25, 0.3) is 0 Å². The lowest BCUT2D eigenvalue weighted by Crippen LogP contribution is -2.28. The van der Waals surface area contributed by atoms with Crippen molar-refractivity contribution in [1.29, 1.82) is 0 Å². The molecule has 21 heavy (non-hydrogen) atoms. The summed E-state index contributed by atoms with van der Waals surface area (Å²) < 4.78 is 2.05. The molecule has 2 N–H and O–H groups in total. The van der Waals surface area contributed by atoms with Crippen molar-refractivity contribution < 1.29 is 9.90 Å². The number of nitrogens with zero attached hydrogens (tertiary/aromatic N) is 2. The molecule has 1 saturated carbocycles. The quantitative estimate of drug-likeness (QED) is 0.773. The van der Waals surface area contributed by atoms with Gasteiger partial charge in [0.1, 0.15) is 0 Å². The Labute approximate surface area is 126 Å². The average molecular weight is 293 g/mol. The van der Waals surface area contributed by atoms with Gasteiger partial charge < -0.3 is 10.4 Å². The van der Waals surface area contributed by atoms with Crippen molar-refractivity contribution in [1.82, 2.24) is 15.1 Å². The third-order valence-electron chi connectivity index (χ3n) is 4.67. The van der Waals surface area contributed by atoms with Crippen LogP contribution in [0, 0.1) is 11.8 Å². The summed E-state index contributed by atoms with van der Waals surface area (Å²) in [4.78, 5) is 11.1. The van der Waals surface area contributed by atoms with Gasteiger partial charge in [0.25, 0.3) is 0 Å². The number of carbonyl (C=O) groups is 1. The number of carboxylic acids is 1. The van der Waals surface area contributed by atoms with Crippen LogP contribution in [0.5, 0.6) is 0 Å². The number of aliphatic carboxylic acids is 1. The third kappa shape index (κ3) is 4.06. The molecule has 1 aromatic heterocycles. The highest BCUT2D eigenvalue weighted by Crippen LogP contribution is 2.31. The highest BCUT2D eigenvalue weighted by Gasteiger charge is 2.32. The number of aromatic nitrogens is 2. The Morgan fingerprint density at radius 2 is 2.24 bits per heavy atom. The fourth-order valence-corrected chi connectivity index (χ4v) is 3.33. The smallest absolute Gasteiger partial charge is 0.306 e. The first-order valence-corrected chi connectivity index (χ1v) is 8.13. The zero-order chi connectivity index (χ0) is 15.2. The number of hydrogen-bond donors (Lipinski definition) is 2. The fourth-order valence-electron chi connectivity index (χ4n) is 3.33. The molecule has 5 heteroatoms. The van der Waals surface area contributed by atoms with Gasteiger partial charge in [0, 0.05) is 12.7 Å². The zero-order valence-electron chi connectivity index (χ0n) is 13.1. The highest BCUT2D eigenvalue weighted by molar-refractivity contribution is 5.70. The van der Waals surface area contributed by atoms with Crippen LogP contribution in [0.15, 0.2) is 12.3 Å². The Hall–Kier alpha value is -1.36. The molecular formula is C16H27N3O2. The van der Waals surface area contributed by atoms with E-state index in [0.29, 0.717) is 6.04 Å². The molecule has 118 valence electrons. The molecule has 2 atom stereocenters. The van der Waals surface area contributed by atoms with Crippen molar-refractivity contribution in [2.75, 3.05) is 6.54 Å². The second-order valence-corrected chi connectivity index (χ2v) is 6.02. The van der Waals surface area contributed by atoms with E-state index in [1.165, 1.54) is 0 Å². The molecule has 1 aliphatic carbocycles. The maximum absolute atomic E-state index is 11.1. The lowest BCUT2D eigenvalue weighted by atomic mass is 9.96. The van der Waals surface area contributed by atoms with Crippen LogP contribution in [-0.2, 0) is 11.3 Å². The molecule has 1 aromatic rings. The van der Waals surface area contributed by atoms with E-state index in [-0.39, 0.29) is 11.8 Å². The SMILES string of the molecule is CCC(CC)n1ccc(CNCC2CCCC2C(=O)O)n1. The summed E-state index contributed by atoms with van der Waals surface area (Å²) in [6, 6.07) is 2.53. The average Bonchev–Trinajstić information content (AvgIpc) is 3.10. The fraction of sp³-hybridized carbons (Fsp3) is 0.750. The van der Waals surface area contributed by atoms with Crippen LogP contribution < -0.4 is 5.32 Å². The molecule has 5 nitrogen and oxygen atoms in total. The van der Waals surface area contributed by atoms with Gasteiger partial charge in [0.15, 0.2) is 0 Å². The van der Waals surface area contributed by atoms with E-state index >= 15 is 0 Å². The van der Waals surface area contributed by atoms with E-state index in [2.05, 4.69) is 30.3 Å². The van der Waals surface area contributed by atoms with Crippen molar-refractivity contribution in [2.24, 2.45) is 11.8 Å². The summed E-state index contributed by atoms with van der Waals surface area (Å²) in [5, 5.41) is 17.2. The molecule has 0 aliphatic heterocycles. The first kappa shape index (κ1) is 16.0. The normalized spacial score (nSPS) is 22.0. The van der Waals surface area contributed by atoms with E-state index in [9.17, 15) is 9.90 Å². The second kappa shape index (κ2) is 7.59. The molecule has 0 aromatic carbocycles. The van der Waals surface area contributed by atoms with Gasteiger partial charge in [-0.05, 0) is 44.2 Å². The Balaban J connectivity index is 1.80. The van der Waals surface area contributed by atoms with Crippen LogP contribution in [-0.4, -0.2) is 27.4 Å². The lowest BCUT2D eigenvalue weighted by Gasteiger charge is -2.16. The van der Waals surface area contributed by atoms with E-state index in [0.717, 1.165) is 50.9 Å². The largest absolute Gasteiger partial charge is 0.481 e. The molecule has 2 rings (SSSR count). The lowest BCUT2D eigenvalue weighted by molar-refractivity contribution is -0.142. The van der Waals surface area contributed by atoms with E-state index < -0.39 is 5.97 Å². The number of hydrogen-bond acceptors (Lipinski definition) is 3. The summed E-state index contributed by atoms with van der Waals surface area (Å²) in [5.74, 6) is -0.541. The molecule has 0 amide bonds. The summed E-state index contributed by atoms with van der Waals surface area (Å²) in [6.07, 6.45) is 7.11. The van der Waals surface area contributed by atoms with Gasteiger partial charge in [-0.25, -0.2) is 0 Å². The van der Waals surface area contributed by atoms with Gasteiger partial charge in [-0.15, -0.1) is 0 Å². The summed E-state index contributed by atoms with van der Waals surface area (Å²) in [5.41, 5.74) is 1.03. The van der Waals surface area contributed by atoms with Crippen LogP contribution >= 0.6 is 0 Å². The van der Waals surface area contributed by atoms with Crippen molar-refractivity contribution >= 4 is 5.97 Å². The van der Waals surface area contributed by atoms with Crippen LogP contribution in [0.4, 0.5) is 0 Å². The minimum Gasteiger partial charge on any atom is -0.481 e. The van der Waals surface area contributed by atoms with Gasteiger partial charge in [-0.3, -0.25) is 9.48 Å². The van der Waals surface area contributed by atoms with Gasteiger partial charge in [0.05, 0.1) is 17.7 Å². The number of rotatable bonds is 8. The summed E-state index contributed by atoms with van der Waals surface area (Å²) in [7, 11) is 0. The van der Waals surface area contributed by atoms with Crippen LogP contribution in [0.1, 0.15) is 57.7 Å². The van der Waals surface area contributed by atoms with E-state index in [1.807, 2.05) is 10.9 Å². The minimum atomic E-state index is -0.641. The van der Waals surface area contributed by atoms with E-state index in [4.69, 9.17) is 0 Å². The summed E-state index contributed by atoms with van der Waals surface area (Å²) in [6.45, 7) is 5.85. The third-order valence-corrected chi connectivity index (χ3v) is 4.67. The maximum Gasteiger partial charge on any atom is 0.306 e. The molecule has 0 spiro atoms. The zero-order valence-corrected chi connectivity index (χ0v) is 13.1. The molecule has 0 saturated heterocycles.